The lowest BCUT2D eigenvalue weighted by Crippen LogP contribution is -2.27. The molecule has 1 N–H and O–H groups in total. The summed E-state index contributed by atoms with van der Waals surface area (Å²) in [7, 11) is -3.38. The molecule has 5 nitrogen and oxygen atoms in total. The maximum Gasteiger partial charge on any atom is 0.243 e. The summed E-state index contributed by atoms with van der Waals surface area (Å²) < 4.78 is 27.7. The van der Waals surface area contributed by atoms with Gasteiger partial charge in [0.25, 0.3) is 0 Å². The summed E-state index contributed by atoms with van der Waals surface area (Å²) in [5.41, 5.74) is 1.73. The number of rotatable bonds is 6. The smallest absolute Gasteiger partial charge is 0.243 e. The molecular formula is C19H21IN2O3S. The minimum absolute atomic E-state index is 0.0556. The van der Waals surface area contributed by atoms with E-state index in [4.69, 9.17) is 0 Å². The summed E-state index contributed by atoms with van der Waals surface area (Å²) in [6.07, 6.45) is 2.77. The van der Waals surface area contributed by atoms with Gasteiger partial charge in [-0.15, -0.1) is 0 Å². The highest BCUT2D eigenvalue weighted by atomic mass is 127. The monoisotopic (exact) mass is 484 g/mol. The molecular weight excluding hydrogens is 463 g/mol. The minimum Gasteiger partial charge on any atom is -0.326 e. The van der Waals surface area contributed by atoms with Crippen molar-refractivity contribution in [2.45, 2.75) is 30.6 Å². The van der Waals surface area contributed by atoms with Crippen LogP contribution in [0, 0.1) is 3.57 Å². The number of halogens is 1. The molecule has 0 atom stereocenters. The number of carbonyl (C=O) groups excluding carboxylic acids is 1. The van der Waals surface area contributed by atoms with Gasteiger partial charge in [-0.1, -0.05) is 12.1 Å². The Labute approximate surface area is 168 Å². The van der Waals surface area contributed by atoms with Crippen LogP contribution in [0.5, 0.6) is 0 Å². The van der Waals surface area contributed by atoms with Crippen molar-refractivity contribution in [2.24, 2.45) is 0 Å². The van der Waals surface area contributed by atoms with Crippen LogP contribution in [0.3, 0.4) is 0 Å². The van der Waals surface area contributed by atoms with Crippen LogP contribution in [0.25, 0.3) is 0 Å². The minimum atomic E-state index is -3.38. The Morgan fingerprint density at radius 1 is 1.00 bits per heavy atom. The summed E-state index contributed by atoms with van der Waals surface area (Å²) in [4.78, 5) is 12.4. The predicted octanol–water partition coefficient (Wildman–Crippen LogP) is 3.65. The van der Waals surface area contributed by atoms with E-state index in [9.17, 15) is 13.2 Å². The van der Waals surface area contributed by atoms with Crippen LogP contribution in [0.1, 0.15) is 24.8 Å². The number of aryl methyl sites for hydroxylation is 1. The Kier molecular flexibility index (Phi) is 6.31. The van der Waals surface area contributed by atoms with Gasteiger partial charge < -0.3 is 5.32 Å². The summed E-state index contributed by atoms with van der Waals surface area (Å²) in [6, 6.07) is 14.5. The molecule has 7 heteroatoms. The molecule has 3 rings (SSSR count). The number of hydrogen-bond donors (Lipinski definition) is 1. The lowest BCUT2D eigenvalue weighted by molar-refractivity contribution is -0.116. The Morgan fingerprint density at radius 3 is 2.23 bits per heavy atom. The normalized spacial score (nSPS) is 15.1. The number of hydrogen-bond acceptors (Lipinski definition) is 3. The largest absolute Gasteiger partial charge is 0.326 e. The fourth-order valence-corrected chi connectivity index (χ4v) is 4.80. The fraction of sp³-hybridized carbons (Fsp3) is 0.316. The third-order valence-electron chi connectivity index (χ3n) is 4.39. The second-order valence-electron chi connectivity index (χ2n) is 6.31. The van der Waals surface area contributed by atoms with Crippen molar-refractivity contribution in [1.29, 1.82) is 0 Å². The van der Waals surface area contributed by atoms with Crippen molar-refractivity contribution < 1.29 is 13.2 Å². The van der Waals surface area contributed by atoms with Gasteiger partial charge in [-0.05, 0) is 83.8 Å². The van der Waals surface area contributed by atoms with Crippen molar-refractivity contribution in [3.05, 3.63) is 57.7 Å². The molecule has 1 aliphatic heterocycles. The average Bonchev–Trinajstić information content (AvgIpc) is 3.18. The molecule has 1 amide bonds. The second kappa shape index (κ2) is 8.49. The number of amides is 1. The van der Waals surface area contributed by atoms with E-state index in [1.807, 2.05) is 24.3 Å². The molecule has 0 radical (unpaired) electrons. The standard InChI is InChI=1S/C19H21IN2O3S/c20-16-6-8-17(9-7-16)21-19(23)12-5-15-3-10-18(11-4-15)26(24,25)22-13-1-2-14-22/h3-4,6-11H,1-2,5,12-14H2,(H,21,23). The molecule has 1 saturated heterocycles. The Balaban J connectivity index is 1.55. The molecule has 0 aromatic heterocycles. The van der Waals surface area contributed by atoms with Crippen molar-refractivity contribution in [2.75, 3.05) is 18.4 Å². The van der Waals surface area contributed by atoms with Crippen LogP contribution >= 0.6 is 22.6 Å². The van der Waals surface area contributed by atoms with E-state index in [1.54, 1.807) is 24.3 Å². The molecule has 1 aliphatic rings. The summed E-state index contributed by atoms with van der Waals surface area (Å²) in [5, 5.41) is 2.87. The number of benzene rings is 2. The lowest BCUT2D eigenvalue weighted by atomic mass is 10.1. The zero-order valence-electron chi connectivity index (χ0n) is 14.3. The van der Waals surface area contributed by atoms with Gasteiger partial charge in [-0.25, -0.2) is 8.42 Å². The van der Waals surface area contributed by atoms with Crippen LogP contribution < -0.4 is 5.32 Å². The number of sulfonamides is 1. The van der Waals surface area contributed by atoms with Crippen molar-refractivity contribution >= 4 is 44.2 Å². The molecule has 0 bridgehead atoms. The van der Waals surface area contributed by atoms with Crippen molar-refractivity contribution in [3.63, 3.8) is 0 Å². The highest BCUT2D eigenvalue weighted by Gasteiger charge is 2.26. The highest BCUT2D eigenvalue weighted by Crippen LogP contribution is 2.21. The first-order valence-electron chi connectivity index (χ1n) is 8.60. The summed E-state index contributed by atoms with van der Waals surface area (Å²) in [6.45, 7) is 1.20. The molecule has 0 unspecified atom stereocenters. The van der Waals surface area contributed by atoms with Gasteiger partial charge in [-0.3, -0.25) is 4.79 Å². The molecule has 0 saturated carbocycles. The fourth-order valence-electron chi connectivity index (χ4n) is 2.92. The number of carbonyl (C=O) groups is 1. The molecule has 138 valence electrons. The molecule has 2 aromatic rings. The number of nitrogens with zero attached hydrogens (tertiary/aromatic N) is 1. The van der Waals surface area contributed by atoms with E-state index in [1.165, 1.54) is 4.31 Å². The first-order chi connectivity index (χ1) is 12.4. The first kappa shape index (κ1) is 19.3. The summed E-state index contributed by atoms with van der Waals surface area (Å²) >= 11 is 2.22. The van der Waals surface area contributed by atoms with Crippen LogP contribution in [-0.2, 0) is 21.2 Å². The topological polar surface area (TPSA) is 66.5 Å². The zero-order valence-corrected chi connectivity index (χ0v) is 17.3. The molecule has 1 heterocycles. The second-order valence-corrected chi connectivity index (χ2v) is 9.49. The third kappa shape index (κ3) is 4.83. The van der Waals surface area contributed by atoms with Gasteiger partial charge in [0.2, 0.25) is 15.9 Å². The molecule has 0 aliphatic carbocycles. The van der Waals surface area contributed by atoms with Gasteiger partial charge in [0.05, 0.1) is 4.90 Å². The molecule has 0 spiro atoms. The van der Waals surface area contributed by atoms with Crippen LogP contribution in [0.2, 0.25) is 0 Å². The van der Waals surface area contributed by atoms with Crippen LogP contribution in [0.15, 0.2) is 53.4 Å². The predicted molar refractivity (Wildman–Crippen MR) is 111 cm³/mol. The van der Waals surface area contributed by atoms with Gasteiger partial charge in [0.1, 0.15) is 0 Å². The number of nitrogens with one attached hydrogen (secondary N) is 1. The van der Waals surface area contributed by atoms with Gasteiger partial charge in [0, 0.05) is 28.8 Å². The Bertz CT molecular complexity index is 859. The van der Waals surface area contributed by atoms with Crippen LogP contribution in [-0.4, -0.2) is 31.7 Å². The third-order valence-corrected chi connectivity index (χ3v) is 7.03. The Hall–Kier alpha value is -1.45. The summed E-state index contributed by atoms with van der Waals surface area (Å²) in [5.74, 6) is -0.0556. The molecule has 2 aromatic carbocycles. The number of anilines is 1. The van der Waals surface area contributed by atoms with Gasteiger partial charge in [-0.2, -0.15) is 4.31 Å². The van der Waals surface area contributed by atoms with Crippen molar-refractivity contribution in [1.82, 2.24) is 4.31 Å². The average molecular weight is 484 g/mol. The van der Waals surface area contributed by atoms with E-state index < -0.39 is 10.0 Å². The molecule has 1 fully saturated rings. The van der Waals surface area contributed by atoms with E-state index in [-0.39, 0.29) is 5.91 Å². The quantitative estimate of drug-likeness (QED) is 0.637. The van der Waals surface area contributed by atoms with E-state index in [0.717, 1.165) is 27.7 Å². The maximum absolute atomic E-state index is 12.5. The van der Waals surface area contributed by atoms with E-state index in [0.29, 0.717) is 30.8 Å². The highest BCUT2D eigenvalue weighted by molar-refractivity contribution is 14.1. The SMILES string of the molecule is O=C(CCc1ccc(S(=O)(=O)N2CCCC2)cc1)Nc1ccc(I)cc1. The van der Waals surface area contributed by atoms with Crippen LogP contribution in [0.4, 0.5) is 5.69 Å². The lowest BCUT2D eigenvalue weighted by Gasteiger charge is -2.15. The first-order valence-corrected chi connectivity index (χ1v) is 11.1. The van der Waals surface area contributed by atoms with Crippen molar-refractivity contribution in [3.8, 4) is 0 Å². The van der Waals surface area contributed by atoms with E-state index in [2.05, 4.69) is 27.9 Å². The zero-order chi connectivity index (χ0) is 18.6. The van der Waals surface area contributed by atoms with E-state index >= 15 is 0 Å². The molecule has 26 heavy (non-hydrogen) atoms. The Morgan fingerprint density at radius 2 is 1.62 bits per heavy atom. The maximum atomic E-state index is 12.5. The van der Waals surface area contributed by atoms with Gasteiger partial charge in [0.15, 0.2) is 0 Å². The van der Waals surface area contributed by atoms with Gasteiger partial charge >= 0.3 is 0 Å².